The number of aryl methyl sites for hydroxylation is 2. The molecule has 0 radical (unpaired) electrons. The summed E-state index contributed by atoms with van der Waals surface area (Å²) in [6, 6.07) is 9.31. The van der Waals surface area contributed by atoms with Crippen molar-refractivity contribution in [2.24, 2.45) is 0 Å². The summed E-state index contributed by atoms with van der Waals surface area (Å²) in [5.74, 6) is -0.635. The SMILES string of the molecule is COC(=O)c1ccc(Cl)c(S(=O)(=O)Nc2cc(C)cc(C)c2)c1. The van der Waals surface area contributed by atoms with Crippen molar-refractivity contribution in [3.05, 3.63) is 58.1 Å². The number of ether oxygens (including phenoxy) is 1. The molecule has 0 saturated carbocycles. The third-order valence-electron chi connectivity index (χ3n) is 3.12. The van der Waals surface area contributed by atoms with Gasteiger partial charge < -0.3 is 4.74 Å². The monoisotopic (exact) mass is 353 g/mol. The Bertz CT molecular complexity index is 842. The molecule has 0 heterocycles. The Hall–Kier alpha value is -2.05. The predicted molar refractivity (Wildman–Crippen MR) is 89.5 cm³/mol. The van der Waals surface area contributed by atoms with E-state index in [9.17, 15) is 13.2 Å². The minimum Gasteiger partial charge on any atom is -0.465 e. The average Bonchev–Trinajstić information content (AvgIpc) is 2.45. The van der Waals surface area contributed by atoms with E-state index in [4.69, 9.17) is 11.6 Å². The van der Waals surface area contributed by atoms with Crippen molar-refractivity contribution in [3.8, 4) is 0 Å². The van der Waals surface area contributed by atoms with Crippen LogP contribution in [0.1, 0.15) is 21.5 Å². The number of anilines is 1. The number of carbonyl (C=O) groups excluding carboxylic acids is 1. The fourth-order valence-electron chi connectivity index (χ4n) is 2.20. The van der Waals surface area contributed by atoms with E-state index >= 15 is 0 Å². The van der Waals surface area contributed by atoms with Crippen molar-refractivity contribution in [2.45, 2.75) is 18.7 Å². The van der Waals surface area contributed by atoms with Crippen molar-refractivity contribution in [2.75, 3.05) is 11.8 Å². The predicted octanol–water partition coefficient (Wildman–Crippen LogP) is 3.54. The molecule has 0 aliphatic rings. The number of hydrogen-bond donors (Lipinski definition) is 1. The quantitative estimate of drug-likeness (QED) is 0.853. The molecule has 2 aromatic carbocycles. The van der Waals surface area contributed by atoms with E-state index in [1.165, 1.54) is 25.3 Å². The number of esters is 1. The van der Waals surface area contributed by atoms with Gasteiger partial charge in [-0.3, -0.25) is 4.72 Å². The van der Waals surface area contributed by atoms with Crippen LogP contribution in [0.15, 0.2) is 41.3 Å². The molecule has 0 amide bonds. The lowest BCUT2D eigenvalue weighted by Crippen LogP contribution is -2.15. The highest BCUT2D eigenvalue weighted by molar-refractivity contribution is 7.92. The molecular formula is C16H16ClNO4S. The van der Waals surface area contributed by atoms with Crippen LogP contribution in [-0.2, 0) is 14.8 Å². The highest BCUT2D eigenvalue weighted by Crippen LogP contribution is 2.26. The van der Waals surface area contributed by atoms with Crippen LogP contribution in [0, 0.1) is 13.8 Å². The Balaban J connectivity index is 2.45. The second-order valence-electron chi connectivity index (χ2n) is 5.12. The first-order valence-corrected chi connectivity index (χ1v) is 8.58. The van der Waals surface area contributed by atoms with Crippen molar-refractivity contribution < 1.29 is 17.9 Å². The second-order valence-corrected chi connectivity index (χ2v) is 7.18. The molecule has 0 fully saturated rings. The Labute approximate surface area is 140 Å². The van der Waals surface area contributed by atoms with Crippen LogP contribution in [0.2, 0.25) is 5.02 Å². The molecular weight excluding hydrogens is 338 g/mol. The summed E-state index contributed by atoms with van der Waals surface area (Å²) in [4.78, 5) is 11.4. The lowest BCUT2D eigenvalue weighted by Gasteiger charge is -2.12. The fourth-order valence-corrected chi connectivity index (χ4v) is 3.77. The number of halogens is 1. The van der Waals surface area contributed by atoms with Gasteiger partial charge in [0.15, 0.2) is 0 Å². The molecule has 23 heavy (non-hydrogen) atoms. The summed E-state index contributed by atoms with van der Waals surface area (Å²) in [6.07, 6.45) is 0. The topological polar surface area (TPSA) is 72.5 Å². The molecule has 0 aliphatic heterocycles. The van der Waals surface area contributed by atoms with Gasteiger partial charge in [-0.05, 0) is 55.3 Å². The lowest BCUT2D eigenvalue weighted by molar-refractivity contribution is 0.0600. The van der Waals surface area contributed by atoms with Crippen molar-refractivity contribution in [1.29, 1.82) is 0 Å². The van der Waals surface area contributed by atoms with E-state index in [0.29, 0.717) is 5.69 Å². The zero-order valence-electron chi connectivity index (χ0n) is 12.9. The molecule has 2 aromatic rings. The highest BCUT2D eigenvalue weighted by atomic mass is 35.5. The number of methoxy groups -OCH3 is 1. The fraction of sp³-hybridized carbons (Fsp3) is 0.188. The normalized spacial score (nSPS) is 11.1. The smallest absolute Gasteiger partial charge is 0.337 e. The molecule has 0 aromatic heterocycles. The number of nitrogens with one attached hydrogen (secondary N) is 1. The van der Waals surface area contributed by atoms with Gasteiger partial charge in [-0.2, -0.15) is 0 Å². The van der Waals surface area contributed by atoms with Crippen molar-refractivity contribution >= 4 is 33.3 Å². The van der Waals surface area contributed by atoms with Gasteiger partial charge in [-0.25, -0.2) is 13.2 Å². The Kier molecular flexibility index (Phi) is 4.97. The molecule has 2 rings (SSSR count). The Morgan fingerprint density at radius 3 is 2.26 bits per heavy atom. The maximum Gasteiger partial charge on any atom is 0.337 e. The number of carbonyl (C=O) groups is 1. The molecule has 0 unspecified atom stereocenters. The maximum absolute atomic E-state index is 12.6. The van der Waals surface area contributed by atoms with Gasteiger partial charge in [0.25, 0.3) is 10.0 Å². The first-order chi connectivity index (χ1) is 10.7. The maximum atomic E-state index is 12.6. The number of benzene rings is 2. The first-order valence-electron chi connectivity index (χ1n) is 6.72. The van der Waals surface area contributed by atoms with E-state index in [1.807, 2.05) is 19.9 Å². The second kappa shape index (κ2) is 6.60. The third-order valence-corrected chi connectivity index (χ3v) is 4.98. The number of hydrogen-bond acceptors (Lipinski definition) is 4. The Morgan fingerprint density at radius 1 is 1.09 bits per heavy atom. The largest absolute Gasteiger partial charge is 0.465 e. The van der Waals surface area contributed by atoms with Crippen LogP contribution in [0.25, 0.3) is 0 Å². The molecule has 5 nitrogen and oxygen atoms in total. The van der Waals surface area contributed by atoms with Crippen molar-refractivity contribution in [1.82, 2.24) is 0 Å². The third kappa shape index (κ3) is 4.03. The highest BCUT2D eigenvalue weighted by Gasteiger charge is 2.21. The van der Waals surface area contributed by atoms with Crippen LogP contribution in [0.3, 0.4) is 0 Å². The molecule has 0 aliphatic carbocycles. The van der Waals surface area contributed by atoms with E-state index in [-0.39, 0.29) is 15.5 Å². The molecule has 1 N–H and O–H groups in total. The van der Waals surface area contributed by atoms with Gasteiger partial charge >= 0.3 is 5.97 Å². The van der Waals surface area contributed by atoms with Gasteiger partial charge in [0.05, 0.1) is 17.7 Å². The minimum atomic E-state index is -3.93. The summed E-state index contributed by atoms with van der Waals surface area (Å²) in [7, 11) is -2.71. The van der Waals surface area contributed by atoms with E-state index in [2.05, 4.69) is 9.46 Å². The zero-order chi connectivity index (χ0) is 17.2. The van der Waals surface area contributed by atoms with Crippen LogP contribution >= 0.6 is 11.6 Å². The van der Waals surface area contributed by atoms with Gasteiger partial charge in [-0.1, -0.05) is 17.7 Å². The van der Waals surface area contributed by atoms with Crippen LogP contribution < -0.4 is 4.72 Å². The summed E-state index contributed by atoms with van der Waals surface area (Å²) in [5.41, 5.74) is 2.40. The van der Waals surface area contributed by atoms with Gasteiger partial charge in [0.2, 0.25) is 0 Å². The summed E-state index contributed by atoms with van der Waals surface area (Å²) >= 11 is 5.99. The summed E-state index contributed by atoms with van der Waals surface area (Å²) < 4.78 is 32.2. The van der Waals surface area contributed by atoms with Gasteiger partial charge in [-0.15, -0.1) is 0 Å². The van der Waals surface area contributed by atoms with E-state index < -0.39 is 16.0 Å². The average molecular weight is 354 g/mol. The summed E-state index contributed by atoms with van der Waals surface area (Å²) in [6.45, 7) is 3.74. The molecule has 0 saturated heterocycles. The van der Waals surface area contributed by atoms with Gasteiger partial charge in [0.1, 0.15) is 4.90 Å². The first kappa shape index (κ1) is 17.3. The lowest BCUT2D eigenvalue weighted by atomic mass is 10.1. The van der Waals surface area contributed by atoms with Crippen LogP contribution in [-0.4, -0.2) is 21.5 Å². The van der Waals surface area contributed by atoms with E-state index in [1.54, 1.807) is 12.1 Å². The van der Waals surface area contributed by atoms with Crippen LogP contribution in [0.4, 0.5) is 5.69 Å². The summed E-state index contributed by atoms with van der Waals surface area (Å²) in [5, 5.41) is 0.0227. The Morgan fingerprint density at radius 2 is 1.70 bits per heavy atom. The molecule has 0 spiro atoms. The molecule has 7 heteroatoms. The molecule has 0 bridgehead atoms. The van der Waals surface area contributed by atoms with Crippen molar-refractivity contribution in [3.63, 3.8) is 0 Å². The molecule has 0 atom stereocenters. The van der Waals surface area contributed by atoms with Crippen LogP contribution in [0.5, 0.6) is 0 Å². The van der Waals surface area contributed by atoms with Gasteiger partial charge in [0, 0.05) is 5.69 Å². The molecule has 122 valence electrons. The van der Waals surface area contributed by atoms with E-state index in [0.717, 1.165) is 11.1 Å². The standard InChI is InChI=1S/C16H16ClNO4S/c1-10-6-11(2)8-13(7-10)18-23(20,21)15-9-12(16(19)22-3)4-5-14(15)17/h4-9,18H,1-3H3. The zero-order valence-corrected chi connectivity index (χ0v) is 14.5. The minimum absolute atomic E-state index is 0.0227. The number of rotatable bonds is 4. The number of sulfonamides is 1.